The molecule has 0 saturated carbocycles. The van der Waals surface area contributed by atoms with Crippen molar-refractivity contribution in [2.45, 2.75) is 10.1 Å². The number of hydrogen-bond acceptors (Lipinski definition) is 4. The molecule has 7 heteroatoms. The Bertz CT molecular complexity index is 507. The summed E-state index contributed by atoms with van der Waals surface area (Å²) in [6, 6.07) is 1.55. The molecule has 16 heavy (non-hydrogen) atoms. The van der Waals surface area contributed by atoms with Gasteiger partial charge in [-0.3, -0.25) is 4.98 Å². The fourth-order valence-corrected chi connectivity index (χ4v) is 2.32. The highest BCUT2D eigenvalue weighted by molar-refractivity contribution is 7.99. The summed E-state index contributed by atoms with van der Waals surface area (Å²) in [5.74, 6) is 0. The van der Waals surface area contributed by atoms with E-state index in [2.05, 4.69) is 15.0 Å². The molecule has 0 aliphatic rings. The van der Waals surface area contributed by atoms with Gasteiger partial charge in [0.1, 0.15) is 15.2 Å². The lowest BCUT2D eigenvalue weighted by atomic mass is 10.5. The zero-order chi connectivity index (χ0) is 11.5. The van der Waals surface area contributed by atoms with Gasteiger partial charge < -0.3 is 0 Å². The minimum absolute atomic E-state index is 0.220. The molecule has 2 aromatic heterocycles. The molecule has 0 N–H and O–H groups in total. The van der Waals surface area contributed by atoms with Crippen molar-refractivity contribution in [2.75, 3.05) is 0 Å². The normalized spacial score (nSPS) is 10.4. The van der Waals surface area contributed by atoms with E-state index in [1.165, 1.54) is 11.8 Å². The van der Waals surface area contributed by atoms with Crippen molar-refractivity contribution < 1.29 is 0 Å². The van der Waals surface area contributed by atoms with Gasteiger partial charge in [0, 0.05) is 12.4 Å². The monoisotopic (exact) mass is 291 g/mol. The SMILES string of the molecule is Clc1cc(Cl)c(Sc2cnccn2)nc1Cl. The van der Waals surface area contributed by atoms with Crippen LogP contribution in [0.15, 0.2) is 34.7 Å². The van der Waals surface area contributed by atoms with E-state index in [4.69, 9.17) is 34.8 Å². The van der Waals surface area contributed by atoms with Crippen molar-refractivity contribution in [3.05, 3.63) is 39.9 Å². The summed E-state index contributed by atoms with van der Waals surface area (Å²) in [4.78, 5) is 12.1. The number of halogens is 3. The van der Waals surface area contributed by atoms with Gasteiger partial charge in [0.05, 0.1) is 16.2 Å². The molecular weight excluding hydrogens is 289 g/mol. The molecule has 0 bridgehead atoms. The molecule has 0 atom stereocenters. The lowest BCUT2D eigenvalue weighted by molar-refractivity contribution is 1.04. The second-order valence-electron chi connectivity index (χ2n) is 2.69. The molecule has 0 amide bonds. The van der Waals surface area contributed by atoms with E-state index in [9.17, 15) is 0 Å². The molecule has 3 nitrogen and oxygen atoms in total. The summed E-state index contributed by atoms with van der Waals surface area (Å²) in [5.41, 5.74) is 0. The zero-order valence-corrected chi connectivity index (χ0v) is 10.8. The van der Waals surface area contributed by atoms with Crippen LogP contribution in [0.2, 0.25) is 15.2 Å². The van der Waals surface area contributed by atoms with Gasteiger partial charge in [-0.05, 0) is 17.8 Å². The molecule has 0 unspecified atom stereocenters. The molecule has 0 spiro atoms. The van der Waals surface area contributed by atoms with Crippen LogP contribution in [0.4, 0.5) is 0 Å². The van der Waals surface area contributed by atoms with E-state index < -0.39 is 0 Å². The van der Waals surface area contributed by atoms with Crippen LogP contribution in [0.1, 0.15) is 0 Å². The maximum absolute atomic E-state index is 5.98. The third-order valence-electron chi connectivity index (χ3n) is 1.60. The highest BCUT2D eigenvalue weighted by Gasteiger charge is 2.09. The second kappa shape index (κ2) is 5.19. The first-order chi connectivity index (χ1) is 7.66. The van der Waals surface area contributed by atoms with Gasteiger partial charge >= 0.3 is 0 Å². The van der Waals surface area contributed by atoms with Crippen LogP contribution in [0.5, 0.6) is 0 Å². The smallest absolute Gasteiger partial charge is 0.149 e. The molecule has 82 valence electrons. The fourth-order valence-electron chi connectivity index (χ4n) is 0.937. The summed E-state index contributed by atoms with van der Waals surface area (Å²) < 4.78 is 0. The molecule has 2 aromatic rings. The third kappa shape index (κ3) is 2.77. The number of aromatic nitrogens is 3. The second-order valence-corrected chi connectivity index (χ2v) is 4.88. The predicted octanol–water partition coefficient (Wildman–Crippen LogP) is 3.98. The lowest BCUT2D eigenvalue weighted by Crippen LogP contribution is -1.86. The van der Waals surface area contributed by atoms with Crippen LogP contribution in [0.3, 0.4) is 0 Å². The molecular formula is C9H4Cl3N3S. The van der Waals surface area contributed by atoms with Gasteiger partial charge in [-0.2, -0.15) is 0 Å². The Kier molecular flexibility index (Phi) is 3.86. The summed E-state index contributed by atoms with van der Waals surface area (Å²) in [7, 11) is 0. The number of nitrogens with zero attached hydrogens (tertiary/aromatic N) is 3. The zero-order valence-electron chi connectivity index (χ0n) is 7.69. The van der Waals surface area contributed by atoms with E-state index in [0.29, 0.717) is 20.1 Å². The van der Waals surface area contributed by atoms with Crippen molar-refractivity contribution in [1.82, 2.24) is 15.0 Å². The van der Waals surface area contributed by atoms with Crippen LogP contribution >= 0.6 is 46.6 Å². The Balaban J connectivity index is 2.32. The number of hydrogen-bond donors (Lipinski definition) is 0. The van der Waals surface area contributed by atoms with Crippen LogP contribution in [-0.4, -0.2) is 15.0 Å². The minimum Gasteiger partial charge on any atom is -0.260 e. The predicted molar refractivity (Wildman–Crippen MR) is 65.4 cm³/mol. The first-order valence-corrected chi connectivity index (χ1v) is 6.07. The lowest BCUT2D eigenvalue weighted by Gasteiger charge is -2.03. The highest BCUT2D eigenvalue weighted by atomic mass is 35.5. The van der Waals surface area contributed by atoms with Crippen molar-refractivity contribution in [3.63, 3.8) is 0 Å². The average molecular weight is 293 g/mol. The van der Waals surface area contributed by atoms with E-state index in [0.717, 1.165) is 0 Å². The van der Waals surface area contributed by atoms with Crippen LogP contribution in [0, 0.1) is 0 Å². The molecule has 0 aliphatic carbocycles. The first-order valence-electron chi connectivity index (χ1n) is 4.12. The van der Waals surface area contributed by atoms with Crippen molar-refractivity contribution >= 4 is 46.6 Å². The third-order valence-corrected chi connectivity index (χ3v) is 3.59. The van der Waals surface area contributed by atoms with Crippen molar-refractivity contribution in [2.24, 2.45) is 0 Å². The van der Waals surface area contributed by atoms with E-state index in [-0.39, 0.29) is 5.15 Å². The van der Waals surface area contributed by atoms with Crippen molar-refractivity contribution in [1.29, 1.82) is 0 Å². The summed E-state index contributed by atoms with van der Waals surface area (Å²) in [5, 5.41) is 2.23. The first kappa shape index (κ1) is 11.9. The highest BCUT2D eigenvalue weighted by Crippen LogP contribution is 2.34. The summed E-state index contributed by atoms with van der Waals surface area (Å²) in [6.45, 7) is 0. The minimum atomic E-state index is 0.220. The van der Waals surface area contributed by atoms with Gasteiger partial charge in [0.15, 0.2) is 0 Å². The van der Waals surface area contributed by atoms with Crippen LogP contribution < -0.4 is 0 Å². The maximum atomic E-state index is 5.98. The van der Waals surface area contributed by atoms with Gasteiger partial charge in [0.25, 0.3) is 0 Å². The summed E-state index contributed by atoms with van der Waals surface area (Å²) in [6.07, 6.45) is 4.80. The number of pyridine rings is 1. The molecule has 0 aromatic carbocycles. The van der Waals surface area contributed by atoms with Crippen LogP contribution in [0.25, 0.3) is 0 Å². The van der Waals surface area contributed by atoms with E-state index in [1.54, 1.807) is 24.7 Å². The van der Waals surface area contributed by atoms with Gasteiger partial charge in [-0.15, -0.1) is 0 Å². The Morgan fingerprint density at radius 1 is 1.06 bits per heavy atom. The molecule has 2 rings (SSSR count). The molecule has 2 heterocycles. The quantitative estimate of drug-likeness (QED) is 0.785. The number of rotatable bonds is 2. The Hall–Kier alpha value is -0.550. The van der Waals surface area contributed by atoms with Crippen LogP contribution in [-0.2, 0) is 0 Å². The van der Waals surface area contributed by atoms with E-state index >= 15 is 0 Å². The van der Waals surface area contributed by atoms with Gasteiger partial charge in [0.2, 0.25) is 0 Å². The fraction of sp³-hybridized carbons (Fsp3) is 0. The Morgan fingerprint density at radius 3 is 2.56 bits per heavy atom. The Labute approximate surface area is 111 Å². The molecule has 0 radical (unpaired) electrons. The topological polar surface area (TPSA) is 38.7 Å². The molecule has 0 aliphatic heterocycles. The van der Waals surface area contributed by atoms with Crippen molar-refractivity contribution in [3.8, 4) is 0 Å². The Morgan fingerprint density at radius 2 is 1.88 bits per heavy atom. The summed E-state index contributed by atoms with van der Waals surface area (Å²) >= 11 is 18.8. The van der Waals surface area contributed by atoms with Gasteiger partial charge in [-0.1, -0.05) is 34.8 Å². The largest absolute Gasteiger partial charge is 0.260 e. The maximum Gasteiger partial charge on any atom is 0.149 e. The van der Waals surface area contributed by atoms with Gasteiger partial charge in [-0.25, -0.2) is 9.97 Å². The van der Waals surface area contributed by atoms with E-state index in [1.807, 2.05) is 0 Å². The standard InChI is InChI=1S/C9H4Cl3N3S/c10-5-3-6(11)9(15-8(5)12)16-7-4-13-1-2-14-7/h1-4H. The molecule has 0 saturated heterocycles. The average Bonchev–Trinajstić information content (AvgIpc) is 2.27. The molecule has 0 fully saturated rings.